The predicted octanol–water partition coefficient (Wildman–Crippen LogP) is 4.54. The molecular formula is C24H26N6O. The molecule has 0 atom stereocenters. The van der Waals surface area contributed by atoms with E-state index < -0.39 is 0 Å². The highest BCUT2D eigenvalue weighted by Gasteiger charge is 2.23. The van der Waals surface area contributed by atoms with E-state index in [1.54, 1.807) is 0 Å². The summed E-state index contributed by atoms with van der Waals surface area (Å²) in [4.78, 5) is 14.8. The molecule has 0 aliphatic carbocycles. The van der Waals surface area contributed by atoms with Gasteiger partial charge in [0.2, 0.25) is 0 Å². The number of fused-ring (bicyclic) bond motifs is 3. The van der Waals surface area contributed by atoms with Crippen molar-refractivity contribution in [1.82, 2.24) is 24.1 Å². The van der Waals surface area contributed by atoms with Gasteiger partial charge in [-0.3, -0.25) is 0 Å². The Morgan fingerprint density at radius 1 is 0.935 bits per heavy atom. The monoisotopic (exact) mass is 414 g/mol. The number of benzene rings is 2. The molecule has 158 valence electrons. The normalized spacial score (nSPS) is 12.0. The van der Waals surface area contributed by atoms with Crippen LogP contribution in [0.15, 0.2) is 48.5 Å². The zero-order chi connectivity index (χ0) is 21.5. The quantitative estimate of drug-likeness (QED) is 0.413. The molecule has 0 aliphatic rings. The maximum absolute atomic E-state index is 6.73. The molecule has 0 unspecified atom stereocenters. The van der Waals surface area contributed by atoms with Crippen molar-refractivity contribution in [3.05, 3.63) is 48.5 Å². The van der Waals surface area contributed by atoms with Crippen molar-refractivity contribution in [3.63, 3.8) is 0 Å². The van der Waals surface area contributed by atoms with Gasteiger partial charge in [-0.25, -0.2) is 15.0 Å². The zero-order valence-electron chi connectivity index (χ0n) is 18.0. The molecule has 7 heteroatoms. The molecule has 0 amide bonds. The number of hydrogen-bond donors (Lipinski definition) is 1. The van der Waals surface area contributed by atoms with E-state index in [9.17, 15) is 0 Å². The van der Waals surface area contributed by atoms with Gasteiger partial charge in [-0.05, 0) is 44.5 Å². The molecule has 2 aromatic carbocycles. The van der Waals surface area contributed by atoms with Crippen LogP contribution in [-0.4, -0.2) is 36.8 Å². The van der Waals surface area contributed by atoms with E-state index >= 15 is 0 Å². The summed E-state index contributed by atoms with van der Waals surface area (Å²) in [5, 5.41) is 0. The molecule has 31 heavy (non-hydrogen) atoms. The predicted molar refractivity (Wildman–Crippen MR) is 125 cm³/mol. The van der Waals surface area contributed by atoms with Crippen LogP contribution in [0.1, 0.15) is 20.3 Å². The number of nitrogens with zero attached hydrogens (tertiary/aromatic N) is 5. The number of aromatic nitrogens is 5. The van der Waals surface area contributed by atoms with Gasteiger partial charge in [0, 0.05) is 20.2 Å². The fraction of sp³-hybridized carbons (Fsp3) is 0.292. The summed E-state index contributed by atoms with van der Waals surface area (Å²) in [5.41, 5.74) is 12.8. The molecule has 3 heterocycles. The Bertz CT molecular complexity index is 1400. The maximum Gasteiger partial charge on any atom is 0.161 e. The molecule has 0 saturated heterocycles. The van der Waals surface area contributed by atoms with Crippen LogP contribution in [0.3, 0.4) is 0 Å². The molecule has 0 saturated carbocycles. The third-order valence-electron chi connectivity index (χ3n) is 5.58. The highest BCUT2D eigenvalue weighted by atomic mass is 16.5. The molecule has 0 fully saturated rings. The molecule has 7 nitrogen and oxygen atoms in total. The topological polar surface area (TPSA) is 83.8 Å². The first-order valence-corrected chi connectivity index (χ1v) is 10.6. The number of para-hydroxylation sites is 4. The van der Waals surface area contributed by atoms with Crippen molar-refractivity contribution >= 4 is 39.0 Å². The third-order valence-corrected chi connectivity index (χ3v) is 5.58. The van der Waals surface area contributed by atoms with Crippen LogP contribution >= 0.6 is 0 Å². The van der Waals surface area contributed by atoms with Crippen molar-refractivity contribution in [1.29, 1.82) is 0 Å². The average molecular weight is 415 g/mol. The smallest absolute Gasteiger partial charge is 0.161 e. The number of nitrogen functional groups attached to an aromatic ring is 1. The molecule has 5 rings (SSSR count). The summed E-state index contributed by atoms with van der Waals surface area (Å²) >= 11 is 0. The molecule has 0 spiro atoms. The SMILES string of the molecule is CC(C)OCCCn1c(N)c(-c2nc3ccccc3n2C)c2nc3ccccc3nc21. The summed E-state index contributed by atoms with van der Waals surface area (Å²) in [7, 11) is 2.01. The van der Waals surface area contributed by atoms with Crippen LogP contribution in [0.2, 0.25) is 0 Å². The van der Waals surface area contributed by atoms with Gasteiger partial charge in [0.05, 0.1) is 33.7 Å². The Morgan fingerprint density at radius 3 is 2.32 bits per heavy atom. The first kappa shape index (κ1) is 19.5. The van der Waals surface area contributed by atoms with E-state index in [1.165, 1.54) is 0 Å². The van der Waals surface area contributed by atoms with Gasteiger partial charge in [-0.15, -0.1) is 0 Å². The van der Waals surface area contributed by atoms with Crippen molar-refractivity contribution < 1.29 is 4.74 Å². The molecule has 0 radical (unpaired) electrons. The average Bonchev–Trinajstić information content (AvgIpc) is 3.23. The lowest BCUT2D eigenvalue weighted by molar-refractivity contribution is 0.0751. The van der Waals surface area contributed by atoms with Gasteiger partial charge >= 0.3 is 0 Å². The lowest BCUT2D eigenvalue weighted by Gasteiger charge is -2.10. The highest BCUT2D eigenvalue weighted by Crippen LogP contribution is 2.36. The van der Waals surface area contributed by atoms with Gasteiger partial charge in [-0.1, -0.05) is 24.3 Å². The second kappa shape index (κ2) is 7.67. The number of rotatable bonds is 6. The van der Waals surface area contributed by atoms with Gasteiger partial charge in [-0.2, -0.15) is 0 Å². The first-order valence-electron chi connectivity index (χ1n) is 10.6. The summed E-state index contributed by atoms with van der Waals surface area (Å²) < 4.78 is 9.85. The molecule has 3 aromatic heterocycles. The highest BCUT2D eigenvalue weighted by molar-refractivity contribution is 6.01. The Balaban J connectivity index is 1.72. The largest absolute Gasteiger partial charge is 0.384 e. The lowest BCUT2D eigenvalue weighted by atomic mass is 10.2. The van der Waals surface area contributed by atoms with Crippen LogP contribution in [0.5, 0.6) is 0 Å². The number of anilines is 1. The number of nitrogens with two attached hydrogens (primary N) is 1. The van der Waals surface area contributed by atoms with E-state index in [2.05, 4.69) is 10.6 Å². The second-order valence-electron chi connectivity index (χ2n) is 8.05. The van der Waals surface area contributed by atoms with Crippen LogP contribution in [0.25, 0.3) is 44.6 Å². The van der Waals surface area contributed by atoms with E-state index in [4.69, 9.17) is 25.4 Å². The van der Waals surface area contributed by atoms with E-state index in [0.717, 1.165) is 51.0 Å². The minimum atomic E-state index is 0.207. The third kappa shape index (κ3) is 3.31. The van der Waals surface area contributed by atoms with Crippen molar-refractivity contribution in [2.24, 2.45) is 7.05 Å². The summed E-state index contributed by atoms with van der Waals surface area (Å²) in [5.74, 6) is 1.43. The lowest BCUT2D eigenvalue weighted by Crippen LogP contribution is -2.09. The first-order chi connectivity index (χ1) is 15.0. The number of ether oxygens (including phenoxy) is 1. The zero-order valence-corrected chi connectivity index (χ0v) is 18.0. The van der Waals surface area contributed by atoms with Crippen LogP contribution in [-0.2, 0) is 18.3 Å². The summed E-state index contributed by atoms with van der Waals surface area (Å²) in [6.45, 7) is 5.45. The fourth-order valence-electron chi connectivity index (χ4n) is 4.07. The maximum atomic E-state index is 6.73. The Labute approximate surface area is 180 Å². The van der Waals surface area contributed by atoms with Crippen molar-refractivity contribution in [2.45, 2.75) is 32.9 Å². The number of imidazole rings is 1. The second-order valence-corrected chi connectivity index (χ2v) is 8.05. The standard InChI is InChI=1S/C24H26N6O/c1-15(2)31-14-8-13-30-22(25)20(23-28-18-11-6-7-12-19(18)29(23)3)21-24(30)27-17-10-5-4-9-16(17)26-21/h4-7,9-12,15H,8,13-14,25H2,1-3H3. The van der Waals surface area contributed by atoms with Crippen molar-refractivity contribution in [2.75, 3.05) is 12.3 Å². The van der Waals surface area contributed by atoms with E-state index in [-0.39, 0.29) is 6.10 Å². The Kier molecular flexibility index (Phi) is 4.82. The fourth-order valence-corrected chi connectivity index (χ4v) is 4.07. The number of hydrogen-bond acceptors (Lipinski definition) is 5. The van der Waals surface area contributed by atoms with Crippen LogP contribution in [0, 0.1) is 0 Å². The van der Waals surface area contributed by atoms with Gasteiger partial charge in [0.25, 0.3) is 0 Å². The Morgan fingerprint density at radius 2 is 1.61 bits per heavy atom. The number of aryl methyl sites for hydroxylation is 2. The van der Waals surface area contributed by atoms with E-state index in [0.29, 0.717) is 19.0 Å². The molecule has 0 bridgehead atoms. The van der Waals surface area contributed by atoms with Crippen LogP contribution in [0.4, 0.5) is 5.82 Å². The summed E-state index contributed by atoms with van der Waals surface area (Å²) in [6.07, 6.45) is 1.04. The summed E-state index contributed by atoms with van der Waals surface area (Å²) in [6, 6.07) is 16.0. The van der Waals surface area contributed by atoms with Gasteiger partial charge in [0.1, 0.15) is 17.2 Å². The van der Waals surface area contributed by atoms with Gasteiger partial charge < -0.3 is 19.6 Å². The molecule has 2 N–H and O–H groups in total. The molecule has 5 aromatic rings. The minimum Gasteiger partial charge on any atom is -0.384 e. The molecule has 0 aliphatic heterocycles. The minimum absolute atomic E-state index is 0.207. The van der Waals surface area contributed by atoms with Crippen molar-refractivity contribution in [3.8, 4) is 11.4 Å². The van der Waals surface area contributed by atoms with Gasteiger partial charge in [0.15, 0.2) is 5.65 Å². The molecular weight excluding hydrogens is 388 g/mol. The van der Waals surface area contributed by atoms with Crippen LogP contribution < -0.4 is 5.73 Å². The Hall–Kier alpha value is -3.45. The van der Waals surface area contributed by atoms with E-state index in [1.807, 2.05) is 67.9 Å².